The molecule has 0 aliphatic rings. The number of benzene rings is 1. The van der Waals surface area contributed by atoms with Gasteiger partial charge in [-0.25, -0.2) is 9.37 Å². The average Bonchev–Trinajstić information content (AvgIpc) is 2.81. The number of aromatic nitrogens is 2. The first-order valence-electron chi connectivity index (χ1n) is 6.64. The number of nitrogens with one attached hydrogen (secondary N) is 1. The number of hydrogen-bond donors (Lipinski definition) is 1. The summed E-state index contributed by atoms with van der Waals surface area (Å²) in [6.07, 6.45) is 4.53. The van der Waals surface area contributed by atoms with Crippen molar-refractivity contribution in [1.82, 2.24) is 9.55 Å². The van der Waals surface area contributed by atoms with Crippen LogP contribution in [0.5, 0.6) is 0 Å². The van der Waals surface area contributed by atoms with E-state index in [2.05, 4.69) is 28.7 Å². The molecule has 1 N–H and O–H groups in total. The Morgan fingerprint density at radius 1 is 1.37 bits per heavy atom. The van der Waals surface area contributed by atoms with Crippen LogP contribution in [0.15, 0.2) is 36.7 Å². The maximum absolute atomic E-state index is 13.1. The molecule has 1 aromatic carbocycles. The highest BCUT2D eigenvalue weighted by atomic mass is 19.1. The van der Waals surface area contributed by atoms with Gasteiger partial charge in [0, 0.05) is 25.5 Å². The third-order valence-corrected chi connectivity index (χ3v) is 2.91. The van der Waals surface area contributed by atoms with Gasteiger partial charge in [0.25, 0.3) is 0 Å². The maximum Gasteiger partial charge on any atom is 0.202 e. The molecule has 0 saturated heterocycles. The fourth-order valence-corrected chi connectivity index (χ4v) is 1.89. The van der Waals surface area contributed by atoms with E-state index >= 15 is 0 Å². The summed E-state index contributed by atoms with van der Waals surface area (Å²) < 4.78 is 15.2. The number of nitrogens with zero attached hydrogens (tertiary/aromatic N) is 2. The molecule has 1 heterocycles. The van der Waals surface area contributed by atoms with Gasteiger partial charge >= 0.3 is 0 Å². The average molecular weight is 261 g/mol. The molecule has 1 aromatic heterocycles. The second-order valence-electron chi connectivity index (χ2n) is 5.10. The van der Waals surface area contributed by atoms with E-state index in [9.17, 15) is 4.39 Å². The van der Waals surface area contributed by atoms with Gasteiger partial charge in [0.2, 0.25) is 5.95 Å². The molecular weight excluding hydrogens is 241 g/mol. The number of imidazole rings is 1. The number of rotatable bonds is 6. The highest BCUT2D eigenvalue weighted by molar-refractivity contribution is 5.26. The van der Waals surface area contributed by atoms with Crippen molar-refractivity contribution in [3.05, 3.63) is 48.0 Å². The van der Waals surface area contributed by atoms with Crippen molar-refractivity contribution < 1.29 is 4.39 Å². The van der Waals surface area contributed by atoms with E-state index in [1.54, 1.807) is 18.3 Å². The summed E-state index contributed by atoms with van der Waals surface area (Å²) in [5.74, 6) is 1.28. The molecule has 2 rings (SSSR count). The van der Waals surface area contributed by atoms with Crippen LogP contribution in [0, 0.1) is 11.7 Å². The van der Waals surface area contributed by atoms with Crippen LogP contribution in [0.4, 0.5) is 10.3 Å². The first-order chi connectivity index (χ1) is 9.15. The summed E-state index contributed by atoms with van der Waals surface area (Å²) in [6, 6.07) is 6.74. The fraction of sp³-hybridized carbons (Fsp3) is 0.400. The van der Waals surface area contributed by atoms with Crippen molar-refractivity contribution in [3.8, 4) is 0 Å². The van der Waals surface area contributed by atoms with E-state index in [0.29, 0.717) is 5.92 Å². The number of aryl methyl sites for hydroxylation is 2. The smallest absolute Gasteiger partial charge is 0.202 e. The Balaban J connectivity index is 1.94. The van der Waals surface area contributed by atoms with Crippen LogP contribution in [0.25, 0.3) is 0 Å². The predicted octanol–water partition coefficient (Wildman–Crippen LogP) is 3.33. The molecule has 2 aromatic rings. The highest BCUT2D eigenvalue weighted by Crippen LogP contribution is 2.09. The Bertz CT molecular complexity index is 520. The minimum absolute atomic E-state index is 0.179. The van der Waals surface area contributed by atoms with Crippen LogP contribution in [0.1, 0.15) is 19.4 Å². The lowest BCUT2D eigenvalue weighted by molar-refractivity contribution is 0.621. The van der Waals surface area contributed by atoms with Gasteiger partial charge in [-0.3, -0.25) is 0 Å². The molecular formula is C15H20FN3. The number of anilines is 1. The fourth-order valence-electron chi connectivity index (χ4n) is 1.89. The lowest BCUT2D eigenvalue weighted by atomic mass is 10.1. The van der Waals surface area contributed by atoms with Gasteiger partial charge in [0.05, 0.1) is 0 Å². The normalized spacial score (nSPS) is 10.9. The van der Waals surface area contributed by atoms with E-state index in [4.69, 9.17) is 0 Å². The van der Waals surface area contributed by atoms with Gasteiger partial charge in [0.1, 0.15) is 5.82 Å². The van der Waals surface area contributed by atoms with Crippen LogP contribution in [-0.4, -0.2) is 16.1 Å². The molecule has 0 bridgehead atoms. The summed E-state index contributed by atoms with van der Waals surface area (Å²) in [7, 11) is 0. The lowest BCUT2D eigenvalue weighted by Crippen LogP contribution is -2.13. The van der Waals surface area contributed by atoms with Crippen LogP contribution in [0.3, 0.4) is 0 Å². The van der Waals surface area contributed by atoms with Crippen molar-refractivity contribution in [2.24, 2.45) is 5.92 Å². The molecule has 0 unspecified atom stereocenters. The second-order valence-corrected chi connectivity index (χ2v) is 5.10. The molecule has 0 radical (unpaired) electrons. The van der Waals surface area contributed by atoms with Crippen molar-refractivity contribution in [3.63, 3.8) is 0 Å². The number of halogens is 1. The zero-order chi connectivity index (χ0) is 13.7. The first kappa shape index (κ1) is 13.6. The predicted molar refractivity (Wildman–Crippen MR) is 75.7 cm³/mol. The second kappa shape index (κ2) is 6.36. The molecule has 0 fully saturated rings. The largest absolute Gasteiger partial charge is 0.355 e. The maximum atomic E-state index is 13.1. The molecule has 4 heteroatoms. The van der Waals surface area contributed by atoms with E-state index in [-0.39, 0.29) is 5.82 Å². The third kappa shape index (κ3) is 4.09. The quantitative estimate of drug-likeness (QED) is 0.864. The Labute approximate surface area is 113 Å². The Hall–Kier alpha value is -1.84. The number of hydrogen-bond acceptors (Lipinski definition) is 2. The molecule has 0 spiro atoms. The summed E-state index contributed by atoms with van der Waals surface area (Å²) in [5.41, 5.74) is 1.00. The first-order valence-corrected chi connectivity index (χ1v) is 6.64. The van der Waals surface area contributed by atoms with Crippen LogP contribution >= 0.6 is 0 Å². The third-order valence-electron chi connectivity index (χ3n) is 2.91. The SMILES string of the molecule is CC(C)CNc1nccn1CCc1cccc(F)c1. The van der Waals surface area contributed by atoms with Crippen LogP contribution in [-0.2, 0) is 13.0 Å². The van der Waals surface area contributed by atoms with Gasteiger partial charge in [-0.15, -0.1) is 0 Å². The molecule has 3 nitrogen and oxygen atoms in total. The summed E-state index contributed by atoms with van der Waals surface area (Å²) in [6.45, 7) is 6.01. The lowest BCUT2D eigenvalue weighted by Gasteiger charge is -2.11. The van der Waals surface area contributed by atoms with E-state index in [1.807, 2.05) is 12.3 Å². The van der Waals surface area contributed by atoms with E-state index in [1.165, 1.54) is 6.07 Å². The Morgan fingerprint density at radius 3 is 2.95 bits per heavy atom. The molecule has 19 heavy (non-hydrogen) atoms. The standard InChI is InChI=1S/C15H20FN3/c1-12(2)11-18-15-17-7-9-19(15)8-6-13-4-3-5-14(16)10-13/h3-5,7,9-10,12H,6,8,11H2,1-2H3,(H,17,18). The zero-order valence-electron chi connectivity index (χ0n) is 11.4. The van der Waals surface area contributed by atoms with Crippen LogP contribution in [0.2, 0.25) is 0 Å². The molecule has 0 amide bonds. The molecule has 0 atom stereocenters. The van der Waals surface area contributed by atoms with Crippen molar-refractivity contribution in [2.45, 2.75) is 26.8 Å². The Morgan fingerprint density at radius 2 is 2.21 bits per heavy atom. The zero-order valence-corrected chi connectivity index (χ0v) is 11.4. The monoisotopic (exact) mass is 261 g/mol. The molecule has 0 aliphatic carbocycles. The topological polar surface area (TPSA) is 29.9 Å². The molecule has 0 saturated carbocycles. The molecule has 0 aliphatic heterocycles. The van der Waals surface area contributed by atoms with Gasteiger partial charge in [-0.1, -0.05) is 26.0 Å². The van der Waals surface area contributed by atoms with Crippen LogP contribution < -0.4 is 5.32 Å². The summed E-state index contributed by atoms with van der Waals surface area (Å²) in [5, 5.41) is 3.32. The Kier molecular flexibility index (Phi) is 4.55. The summed E-state index contributed by atoms with van der Waals surface area (Å²) >= 11 is 0. The van der Waals surface area contributed by atoms with Gasteiger partial charge in [0.15, 0.2) is 0 Å². The summed E-state index contributed by atoms with van der Waals surface area (Å²) in [4.78, 5) is 4.30. The van der Waals surface area contributed by atoms with Gasteiger partial charge in [-0.2, -0.15) is 0 Å². The van der Waals surface area contributed by atoms with E-state index in [0.717, 1.165) is 31.0 Å². The molecule has 102 valence electrons. The minimum atomic E-state index is -0.179. The van der Waals surface area contributed by atoms with Crippen molar-refractivity contribution in [1.29, 1.82) is 0 Å². The van der Waals surface area contributed by atoms with Gasteiger partial charge in [-0.05, 0) is 30.0 Å². The highest BCUT2D eigenvalue weighted by Gasteiger charge is 2.03. The van der Waals surface area contributed by atoms with Gasteiger partial charge < -0.3 is 9.88 Å². The minimum Gasteiger partial charge on any atom is -0.355 e. The van der Waals surface area contributed by atoms with Crippen molar-refractivity contribution >= 4 is 5.95 Å². The van der Waals surface area contributed by atoms with Crippen molar-refractivity contribution in [2.75, 3.05) is 11.9 Å². The van der Waals surface area contributed by atoms with E-state index < -0.39 is 0 Å².